The van der Waals surface area contributed by atoms with E-state index in [0.29, 0.717) is 60.2 Å². The number of nitrogens with zero attached hydrogens (tertiary/aromatic N) is 5. The molecule has 190 valence electrons. The Bertz CT molecular complexity index is 1140. The van der Waals surface area contributed by atoms with Crippen LogP contribution in [0, 0.1) is 6.92 Å². The van der Waals surface area contributed by atoms with Crippen LogP contribution in [0.2, 0.25) is 0 Å². The second-order valence-electron chi connectivity index (χ2n) is 8.45. The third-order valence-electron chi connectivity index (χ3n) is 5.90. The van der Waals surface area contributed by atoms with Crippen molar-refractivity contribution in [2.75, 3.05) is 51.3 Å². The number of hydrogen-bond acceptors (Lipinski definition) is 9. The molecule has 0 saturated carbocycles. The van der Waals surface area contributed by atoms with Crippen molar-refractivity contribution in [3.8, 4) is 11.5 Å². The number of urea groups is 1. The van der Waals surface area contributed by atoms with Crippen LogP contribution in [0.1, 0.15) is 24.2 Å². The highest BCUT2D eigenvalue weighted by Crippen LogP contribution is 2.26. The number of anilines is 1. The van der Waals surface area contributed by atoms with Gasteiger partial charge in [-0.2, -0.15) is 0 Å². The molecule has 0 spiro atoms. The van der Waals surface area contributed by atoms with Crippen molar-refractivity contribution in [3.05, 3.63) is 48.1 Å². The summed E-state index contributed by atoms with van der Waals surface area (Å²) in [5, 5.41) is 2.67. The monoisotopic (exact) mass is 493 g/mol. The largest absolute Gasteiger partial charge is 0.455 e. The van der Waals surface area contributed by atoms with Crippen LogP contribution in [-0.4, -0.2) is 83.9 Å². The first-order valence-corrected chi connectivity index (χ1v) is 12.0. The van der Waals surface area contributed by atoms with E-state index < -0.39 is 6.03 Å². The van der Waals surface area contributed by atoms with Crippen LogP contribution in [0.15, 0.2) is 41.7 Å². The van der Waals surface area contributed by atoms with Crippen LogP contribution in [0.3, 0.4) is 0 Å². The van der Waals surface area contributed by atoms with E-state index in [-0.39, 0.29) is 5.91 Å². The Morgan fingerprint density at radius 2 is 2.11 bits per heavy atom. The Labute approximate surface area is 210 Å². The van der Waals surface area contributed by atoms with Gasteiger partial charge in [0.1, 0.15) is 17.3 Å². The molecular weight excluding hydrogens is 462 g/mol. The number of ether oxygens (including phenoxy) is 2. The molecule has 4 heterocycles. The number of imide groups is 1. The number of aliphatic imine (C=N–C) groups is 1. The molecule has 2 aromatic rings. The van der Waals surface area contributed by atoms with Gasteiger partial charge < -0.3 is 15.2 Å². The Kier molecular flexibility index (Phi) is 8.58. The average molecular weight is 494 g/mol. The number of rotatable bonds is 8. The molecule has 2 aliphatic heterocycles. The van der Waals surface area contributed by atoms with E-state index in [2.05, 4.69) is 25.2 Å². The second-order valence-corrected chi connectivity index (χ2v) is 8.45. The molecule has 36 heavy (non-hydrogen) atoms. The van der Waals surface area contributed by atoms with Crippen LogP contribution in [0.25, 0.3) is 5.57 Å². The number of likely N-dealkylation sites (tertiary alicyclic amines) is 1. The molecule has 0 radical (unpaired) electrons. The van der Waals surface area contributed by atoms with Crippen molar-refractivity contribution in [1.82, 2.24) is 19.8 Å². The fourth-order valence-electron chi connectivity index (χ4n) is 3.91. The maximum Gasteiger partial charge on any atom is 0.329 e. The highest BCUT2D eigenvalue weighted by atomic mass is 16.5. The summed E-state index contributed by atoms with van der Waals surface area (Å²) in [6, 6.07) is 6.40. The van der Waals surface area contributed by atoms with Gasteiger partial charge in [0.05, 0.1) is 31.1 Å². The Morgan fingerprint density at radius 1 is 1.28 bits per heavy atom. The molecule has 11 heteroatoms. The van der Waals surface area contributed by atoms with Crippen molar-refractivity contribution in [1.29, 1.82) is 0 Å². The lowest BCUT2D eigenvalue weighted by molar-refractivity contribution is -0.125. The van der Waals surface area contributed by atoms with Crippen LogP contribution >= 0.6 is 0 Å². The summed E-state index contributed by atoms with van der Waals surface area (Å²) in [5.74, 6) is 1.26. The minimum absolute atomic E-state index is 0.175. The molecule has 0 bridgehead atoms. The molecule has 11 nitrogen and oxygen atoms in total. The van der Waals surface area contributed by atoms with E-state index in [4.69, 9.17) is 15.2 Å². The SMILES string of the molecule is Cc1nc(NC(=O)N2CCCC2=O)ccc1Oc1ccnc(C(C=NCCN2CCOCC2)=CN)c1. The number of pyridine rings is 2. The van der Waals surface area contributed by atoms with Crippen molar-refractivity contribution >= 4 is 29.5 Å². The smallest absolute Gasteiger partial charge is 0.329 e. The van der Waals surface area contributed by atoms with Gasteiger partial charge >= 0.3 is 6.03 Å². The molecule has 2 fully saturated rings. The van der Waals surface area contributed by atoms with Gasteiger partial charge in [-0.25, -0.2) is 9.78 Å². The quantitative estimate of drug-likeness (QED) is 0.536. The normalized spacial score (nSPS) is 17.1. The van der Waals surface area contributed by atoms with E-state index >= 15 is 0 Å². The van der Waals surface area contributed by atoms with Crippen LogP contribution in [0.5, 0.6) is 11.5 Å². The number of aryl methyl sites for hydroxylation is 1. The number of allylic oxidation sites excluding steroid dienone is 1. The lowest BCUT2D eigenvalue weighted by atomic mass is 10.2. The standard InChI is InChI=1S/C25H31N7O4/c1-18-22(4-5-23(29-18)30-25(34)32-9-2-3-24(32)33)36-20-6-7-28-21(15-20)19(16-26)17-27-8-10-31-11-13-35-14-12-31/h4-7,15-17H,2-3,8-14,26H2,1H3,(H,29,30,34). The second kappa shape index (κ2) is 12.2. The molecule has 2 aromatic heterocycles. The maximum atomic E-state index is 12.3. The summed E-state index contributed by atoms with van der Waals surface area (Å²) in [4.78, 5) is 40.9. The first-order valence-electron chi connectivity index (χ1n) is 12.0. The Morgan fingerprint density at radius 3 is 2.83 bits per heavy atom. The van der Waals surface area contributed by atoms with E-state index in [9.17, 15) is 9.59 Å². The van der Waals surface area contributed by atoms with Gasteiger partial charge in [-0.15, -0.1) is 0 Å². The van der Waals surface area contributed by atoms with E-state index in [0.717, 1.165) is 32.8 Å². The Hall–Kier alpha value is -3.83. The number of morpholine rings is 1. The topological polar surface area (TPSA) is 135 Å². The fraction of sp³-hybridized carbons (Fsp3) is 0.400. The van der Waals surface area contributed by atoms with E-state index in [1.807, 2.05) is 0 Å². The lowest BCUT2D eigenvalue weighted by Gasteiger charge is -2.25. The molecule has 0 atom stereocenters. The van der Waals surface area contributed by atoms with Crippen molar-refractivity contribution < 1.29 is 19.1 Å². The summed E-state index contributed by atoms with van der Waals surface area (Å²) in [6.45, 7) is 7.11. The minimum atomic E-state index is -0.468. The van der Waals surface area contributed by atoms with E-state index in [1.54, 1.807) is 43.6 Å². The molecule has 3 amide bonds. The van der Waals surface area contributed by atoms with Gasteiger partial charge in [-0.1, -0.05) is 0 Å². The van der Waals surface area contributed by atoms with Crippen LogP contribution < -0.4 is 15.8 Å². The van der Waals surface area contributed by atoms with Gasteiger partial charge in [0.25, 0.3) is 0 Å². The van der Waals surface area contributed by atoms with Gasteiger partial charge in [-0.05, 0) is 31.5 Å². The zero-order valence-corrected chi connectivity index (χ0v) is 20.4. The summed E-state index contributed by atoms with van der Waals surface area (Å²) in [7, 11) is 0. The van der Waals surface area contributed by atoms with Crippen molar-refractivity contribution in [2.24, 2.45) is 10.7 Å². The summed E-state index contributed by atoms with van der Waals surface area (Å²) >= 11 is 0. The van der Waals surface area contributed by atoms with E-state index in [1.165, 1.54) is 11.1 Å². The molecule has 0 aromatic carbocycles. The Balaban J connectivity index is 1.36. The van der Waals surface area contributed by atoms with Gasteiger partial charge in [-0.3, -0.25) is 29.9 Å². The first-order chi connectivity index (χ1) is 17.5. The number of hydrogen-bond donors (Lipinski definition) is 2. The summed E-state index contributed by atoms with van der Waals surface area (Å²) < 4.78 is 11.4. The molecule has 0 unspecified atom stereocenters. The molecule has 2 aliphatic rings. The zero-order valence-electron chi connectivity index (χ0n) is 20.4. The molecular formula is C25H31N7O4. The minimum Gasteiger partial charge on any atom is -0.455 e. The third kappa shape index (κ3) is 6.64. The van der Waals surface area contributed by atoms with Crippen molar-refractivity contribution in [3.63, 3.8) is 0 Å². The van der Waals surface area contributed by atoms with Gasteiger partial charge in [0.2, 0.25) is 5.91 Å². The van der Waals surface area contributed by atoms with Gasteiger partial charge in [0, 0.05) is 62.9 Å². The third-order valence-corrected chi connectivity index (χ3v) is 5.90. The van der Waals surface area contributed by atoms with Crippen LogP contribution in [-0.2, 0) is 9.53 Å². The first kappa shape index (κ1) is 25.3. The number of carbonyl (C=O) groups excluding carboxylic acids is 2. The van der Waals surface area contributed by atoms with Gasteiger partial charge in [0.15, 0.2) is 0 Å². The molecule has 4 rings (SSSR count). The highest BCUT2D eigenvalue weighted by molar-refractivity contribution is 6.08. The number of aromatic nitrogens is 2. The molecule has 0 aliphatic carbocycles. The van der Waals surface area contributed by atoms with Crippen LogP contribution in [0.4, 0.5) is 10.6 Å². The zero-order chi connectivity index (χ0) is 25.3. The maximum absolute atomic E-state index is 12.3. The average Bonchev–Trinajstić information content (AvgIpc) is 3.32. The number of amides is 3. The number of nitrogens with one attached hydrogen (secondary N) is 1. The number of nitrogens with two attached hydrogens (primary N) is 1. The molecule has 2 saturated heterocycles. The lowest BCUT2D eigenvalue weighted by Crippen LogP contribution is -2.37. The fourth-order valence-corrected chi connectivity index (χ4v) is 3.91. The summed E-state index contributed by atoms with van der Waals surface area (Å²) in [6.07, 6.45) is 5.91. The van der Waals surface area contributed by atoms with Crippen molar-refractivity contribution in [2.45, 2.75) is 19.8 Å². The number of carbonyl (C=O) groups is 2. The molecule has 3 N–H and O–H groups in total. The predicted octanol–water partition coefficient (Wildman–Crippen LogP) is 2.43. The highest BCUT2D eigenvalue weighted by Gasteiger charge is 2.26. The summed E-state index contributed by atoms with van der Waals surface area (Å²) in [5.41, 5.74) is 7.74. The predicted molar refractivity (Wildman–Crippen MR) is 136 cm³/mol.